The van der Waals surface area contributed by atoms with Crippen molar-refractivity contribution < 1.29 is 0 Å². The molecule has 1 aliphatic rings. The number of halogens is 5. The van der Waals surface area contributed by atoms with Crippen molar-refractivity contribution in [3.63, 3.8) is 0 Å². The zero-order valence-corrected chi connectivity index (χ0v) is 13.6. The van der Waals surface area contributed by atoms with Gasteiger partial charge in [0.25, 0.3) is 0 Å². The molecule has 2 aromatic carbocycles. The molecule has 0 bridgehead atoms. The summed E-state index contributed by atoms with van der Waals surface area (Å²) in [5.41, 5.74) is 1.52. The van der Waals surface area contributed by atoms with Crippen molar-refractivity contribution in [3.8, 4) is 0 Å². The summed E-state index contributed by atoms with van der Waals surface area (Å²) >= 11 is 32.2. The Hall–Kier alpha value is 0.0400. The molecule has 1 aliphatic heterocycles. The molecule has 0 unspecified atom stereocenters. The maximum Gasteiger partial charge on any atom is 0.0855 e. The summed E-state index contributed by atoms with van der Waals surface area (Å²) in [4.78, 5) is 1.61. The van der Waals surface area contributed by atoms with Crippen molar-refractivity contribution in [3.05, 3.63) is 43.3 Å². The molecular formula is C12H4Cl5NS. The van der Waals surface area contributed by atoms with E-state index in [2.05, 4.69) is 5.32 Å². The van der Waals surface area contributed by atoms with E-state index in [0.29, 0.717) is 20.8 Å². The highest BCUT2D eigenvalue weighted by atomic mass is 35.5. The lowest BCUT2D eigenvalue weighted by Crippen LogP contribution is -2.02. The Morgan fingerprint density at radius 1 is 0.789 bits per heavy atom. The highest BCUT2D eigenvalue weighted by Crippen LogP contribution is 2.56. The first kappa shape index (κ1) is 14.0. The zero-order chi connectivity index (χ0) is 13.7. The van der Waals surface area contributed by atoms with E-state index in [4.69, 9.17) is 58.0 Å². The summed E-state index contributed by atoms with van der Waals surface area (Å²) in [6.07, 6.45) is 0. The topological polar surface area (TPSA) is 12.0 Å². The van der Waals surface area contributed by atoms with Crippen LogP contribution >= 0.6 is 69.8 Å². The first-order valence-electron chi connectivity index (χ1n) is 5.10. The van der Waals surface area contributed by atoms with E-state index in [1.165, 1.54) is 11.8 Å². The maximum atomic E-state index is 6.23. The molecule has 98 valence electrons. The lowest BCUT2D eigenvalue weighted by Gasteiger charge is -2.24. The van der Waals surface area contributed by atoms with E-state index in [1.807, 2.05) is 18.2 Å². The minimum Gasteiger partial charge on any atom is -0.352 e. The molecule has 0 amide bonds. The maximum absolute atomic E-state index is 6.23. The van der Waals surface area contributed by atoms with Crippen molar-refractivity contribution >= 4 is 81.1 Å². The van der Waals surface area contributed by atoms with Gasteiger partial charge in [-0.2, -0.15) is 0 Å². The predicted octanol–water partition coefficient (Wildman–Crippen LogP) is 7.16. The Bertz CT molecular complexity index is 701. The molecule has 0 aromatic heterocycles. The van der Waals surface area contributed by atoms with Crippen LogP contribution in [0.15, 0.2) is 28.0 Å². The van der Waals surface area contributed by atoms with E-state index >= 15 is 0 Å². The minimum atomic E-state index is 0.241. The van der Waals surface area contributed by atoms with Crippen LogP contribution in [0.4, 0.5) is 11.4 Å². The summed E-state index contributed by atoms with van der Waals surface area (Å²) in [5, 5.41) is 5.04. The Morgan fingerprint density at radius 2 is 1.47 bits per heavy atom. The van der Waals surface area contributed by atoms with Gasteiger partial charge in [0.1, 0.15) is 0 Å². The first-order valence-corrected chi connectivity index (χ1v) is 7.80. The minimum absolute atomic E-state index is 0.241. The van der Waals surface area contributed by atoms with Crippen molar-refractivity contribution in [2.24, 2.45) is 0 Å². The molecule has 1 heterocycles. The average Bonchev–Trinajstić information content (AvgIpc) is 2.42. The van der Waals surface area contributed by atoms with Crippen LogP contribution in [0.1, 0.15) is 0 Å². The normalized spacial score (nSPS) is 12.7. The third kappa shape index (κ3) is 2.19. The fraction of sp³-hybridized carbons (Fsp3) is 0. The second-order valence-electron chi connectivity index (χ2n) is 3.80. The van der Waals surface area contributed by atoms with Crippen LogP contribution in [0.2, 0.25) is 25.1 Å². The number of anilines is 2. The number of rotatable bonds is 0. The van der Waals surface area contributed by atoms with Gasteiger partial charge in [0, 0.05) is 0 Å². The van der Waals surface area contributed by atoms with E-state index in [0.717, 1.165) is 15.5 Å². The second kappa shape index (κ2) is 5.10. The van der Waals surface area contributed by atoms with E-state index < -0.39 is 0 Å². The highest BCUT2D eigenvalue weighted by Gasteiger charge is 2.26. The van der Waals surface area contributed by atoms with E-state index in [-0.39, 0.29) is 10.0 Å². The molecule has 2 aromatic rings. The van der Waals surface area contributed by atoms with Crippen LogP contribution < -0.4 is 5.32 Å². The van der Waals surface area contributed by atoms with Gasteiger partial charge in [-0.25, -0.2) is 0 Å². The van der Waals surface area contributed by atoms with Gasteiger partial charge in [-0.3, -0.25) is 0 Å². The predicted molar refractivity (Wildman–Crippen MR) is 85.3 cm³/mol. The fourth-order valence-electron chi connectivity index (χ4n) is 1.77. The Kier molecular flexibility index (Phi) is 3.76. The average molecular weight is 372 g/mol. The van der Waals surface area contributed by atoms with Crippen LogP contribution in [0.25, 0.3) is 0 Å². The standard InChI is InChI=1S/C12H4Cl5NS/c13-4-2-1-3-5-11(4)19-12-9(17)7(15)6(14)8(16)10(12)18-5/h1-3,18H. The van der Waals surface area contributed by atoms with Gasteiger partial charge in [-0.05, 0) is 12.1 Å². The monoisotopic (exact) mass is 369 g/mol. The SMILES string of the molecule is Clc1cccc2c1Sc1c(Cl)c(Cl)c(Cl)c(Cl)c1N2. The van der Waals surface area contributed by atoms with Gasteiger partial charge in [-0.1, -0.05) is 75.8 Å². The van der Waals surface area contributed by atoms with Gasteiger partial charge < -0.3 is 5.32 Å². The van der Waals surface area contributed by atoms with Crippen molar-refractivity contribution in [1.29, 1.82) is 0 Å². The molecular weight excluding hydrogens is 367 g/mol. The van der Waals surface area contributed by atoms with Gasteiger partial charge >= 0.3 is 0 Å². The fourth-order valence-corrected chi connectivity index (χ4v) is 4.23. The molecule has 0 aliphatic carbocycles. The van der Waals surface area contributed by atoms with E-state index in [1.54, 1.807) is 0 Å². The molecule has 0 fully saturated rings. The van der Waals surface area contributed by atoms with Crippen LogP contribution in [0.3, 0.4) is 0 Å². The first-order chi connectivity index (χ1) is 9.00. The quantitative estimate of drug-likeness (QED) is 0.332. The molecule has 0 atom stereocenters. The van der Waals surface area contributed by atoms with Crippen LogP contribution in [0, 0.1) is 0 Å². The van der Waals surface area contributed by atoms with Crippen LogP contribution in [-0.2, 0) is 0 Å². The molecule has 0 saturated carbocycles. The van der Waals surface area contributed by atoms with Gasteiger partial charge in [-0.15, -0.1) is 0 Å². The Morgan fingerprint density at radius 3 is 2.21 bits per heavy atom. The van der Waals surface area contributed by atoms with Crippen molar-refractivity contribution in [2.45, 2.75) is 9.79 Å². The molecule has 0 spiro atoms. The Labute approximate surface area is 139 Å². The smallest absolute Gasteiger partial charge is 0.0855 e. The summed E-state index contributed by atoms with van der Waals surface area (Å²) in [6.45, 7) is 0. The van der Waals surface area contributed by atoms with Gasteiger partial charge in [0.2, 0.25) is 0 Å². The lowest BCUT2D eigenvalue weighted by molar-refractivity contribution is 1.31. The number of nitrogens with one attached hydrogen (secondary N) is 1. The van der Waals surface area contributed by atoms with Crippen LogP contribution in [0.5, 0.6) is 0 Å². The molecule has 0 radical (unpaired) electrons. The van der Waals surface area contributed by atoms with Crippen molar-refractivity contribution in [2.75, 3.05) is 5.32 Å². The summed E-state index contributed by atoms with van der Waals surface area (Å²) in [6, 6.07) is 5.57. The molecule has 19 heavy (non-hydrogen) atoms. The largest absolute Gasteiger partial charge is 0.352 e. The van der Waals surface area contributed by atoms with Crippen molar-refractivity contribution in [1.82, 2.24) is 0 Å². The summed E-state index contributed by atoms with van der Waals surface area (Å²) in [7, 11) is 0. The number of hydrogen-bond donors (Lipinski definition) is 1. The van der Waals surface area contributed by atoms with Gasteiger partial charge in [0.05, 0.1) is 46.3 Å². The van der Waals surface area contributed by atoms with Gasteiger partial charge in [0.15, 0.2) is 0 Å². The molecule has 0 saturated heterocycles. The summed E-state index contributed by atoms with van der Waals surface area (Å²) < 4.78 is 0. The highest BCUT2D eigenvalue weighted by molar-refractivity contribution is 8.00. The summed E-state index contributed by atoms with van der Waals surface area (Å²) in [5.74, 6) is 0. The Balaban J connectivity index is 2.26. The zero-order valence-electron chi connectivity index (χ0n) is 9.03. The molecule has 7 heteroatoms. The third-order valence-electron chi connectivity index (χ3n) is 2.65. The molecule has 1 N–H and O–H groups in total. The second-order valence-corrected chi connectivity index (χ2v) is 6.74. The third-order valence-corrected chi connectivity index (χ3v) is 6.25. The molecule has 3 rings (SSSR count). The van der Waals surface area contributed by atoms with E-state index in [9.17, 15) is 0 Å². The molecule has 1 nitrogen and oxygen atoms in total. The number of fused-ring (bicyclic) bond motifs is 2. The number of hydrogen-bond acceptors (Lipinski definition) is 2. The number of benzene rings is 2. The lowest BCUT2D eigenvalue weighted by atomic mass is 10.2. The van der Waals surface area contributed by atoms with Crippen LogP contribution in [-0.4, -0.2) is 0 Å².